The molecule has 11 rings (SSSR count). The molecule has 0 radical (unpaired) electrons. The number of halogens is 2. The molecule has 0 unspecified atom stereocenters. The lowest BCUT2D eigenvalue weighted by Gasteiger charge is -2.18. The first-order valence-electron chi connectivity index (χ1n) is 27.0. The van der Waals surface area contributed by atoms with Crippen molar-refractivity contribution >= 4 is 92.3 Å². The lowest BCUT2D eigenvalue weighted by Crippen LogP contribution is -2.23. The Labute approximate surface area is 503 Å². The van der Waals surface area contributed by atoms with E-state index in [-0.39, 0.29) is 18.4 Å². The van der Waals surface area contributed by atoms with E-state index >= 15 is 0 Å². The van der Waals surface area contributed by atoms with Crippen LogP contribution in [0.25, 0.3) is 32.2 Å². The van der Waals surface area contributed by atoms with Gasteiger partial charge < -0.3 is 27.8 Å². The molecule has 0 aliphatic rings. The summed E-state index contributed by atoms with van der Waals surface area (Å²) in [4.78, 5) is 54.4. The molecule has 0 fully saturated rings. The molecule has 0 aliphatic carbocycles. The van der Waals surface area contributed by atoms with Gasteiger partial charge >= 0.3 is 0 Å². The van der Waals surface area contributed by atoms with Gasteiger partial charge in [-0.3, -0.25) is 29.5 Å². The first-order chi connectivity index (χ1) is 41.3. The Morgan fingerprint density at radius 1 is 0.541 bits per heavy atom. The second-order valence-corrected chi connectivity index (χ2v) is 22.7. The summed E-state index contributed by atoms with van der Waals surface area (Å²) in [6, 6.07) is 58.0. The van der Waals surface area contributed by atoms with Gasteiger partial charge in [-0.05, 0) is 137 Å². The Morgan fingerprint density at radius 3 is 1.38 bits per heavy atom. The number of carbonyl (C=O) groups is 2. The summed E-state index contributed by atoms with van der Waals surface area (Å²) in [6.45, 7) is 4.97. The molecule has 0 spiro atoms. The first-order valence-corrected chi connectivity index (χ1v) is 29.1. The number of nitrogen functional groups attached to an aromatic ring is 2. The molecule has 5 aromatic carbocycles. The number of hydrogen-bond donors (Lipinski definition) is 5. The number of aromatic nitrogens is 6. The zero-order valence-corrected chi connectivity index (χ0v) is 49.0. The van der Waals surface area contributed by atoms with Gasteiger partial charge in [0.15, 0.2) is 0 Å². The highest BCUT2D eigenvalue weighted by Crippen LogP contribution is 2.32. The van der Waals surface area contributed by atoms with Gasteiger partial charge in [0, 0.05) is 107 Å². The molecule has 85 heavy (non-hydrogen) atoms. The van der Waals surface area contributed by atoms with Gasteiger partial charge in [0.05, 0.1) is 27.6 Å². The van der Waals surface area contributed by atoms with Crippen molar-refractivity contribution in [3.8, 4) is 0 Å². The molecule has 6 aromatic heterocycles. The SMILES string of the molecule is Cc1nc(N)ccc1CNC(=O)c1ccnc(Cc2cc(CN)c3ncc(Cl)cc3c2)c1.Cc1nc(N)ccc1CNC(=O)c1ccnc(Cc2cc(CN=[N+]=[N-])c3ncc(Cl)cc3c2)c1.c1ccc(P(c2ccccc2)c2ccccc2)cc1. The topological polar surface area (TPSA) is 262 Å². The lowest BCUT2D eigenvalue weighted by molar-refractivity contribution is 0.0942. The number of anilines is 2. The van der Waals surface area contributed by atoms with E-state index in [1.807, 2.05) is 62.4 Å². The van der Waals surface area contributed by atoms with Crippen LogP contribution in [-0.2, 0) is 39.0 Å². The van der Waals surface area contributed by atoms with Crippen molar-refractivity contribution in [3.63, 3.8) is 0 Å². The number of amides is 2. The van der Waals surface area contributed by atoms with Crippen molar-refractivity contribution in [2.45, 2.75) is 52.9 Å². The number of nitrogens with two attached hydrogens (primary N) is 3. The van der Waals surface area contributed by atoms with Crippen molar-refractivity contribution in [2.24, 2.45) is 10.8 Å². The van der Waals surface area contributed by atoms with Crippen LogP contribution in [0.5, 0.6) is 0 Å². The molecule has 0 saturated carbocycles. The predicted molar refractivity (Wildman–Crippen MR) is 343 cm³/mol. The van der Waals surface area contributed by atoms with Gasteiger partial charge in [-0.2, -0.15) is 0 Å². The maximum absolute atomic E-state index is 12.7. The smallest absolute Gasteiger partial charge is 0.251 e. The molecule has 0 bridgehead atoms. The molecular weight excluding hydrogens is 1120 g/mol. The number of nitrogens with one attached hydrogen (secondary N) is 2. The van der Waals surface area contributed by atoms with Crippen molar-refractivity contribution in [1.82, 2.24) is 40.5 Å². The lowest BCUT2D eigenvalue weighted by atomic mass is 10.0. The number of carbonyl (C=O) groups excluding carboxylic acids is 2. The van der Waals surface area contributed by atoms with Crippen LogP contribution in [0.15, 0.2) is 206 Å². The minimum atomic E-state index is -0.446. The van der Waals surface area contributed by atoms with Crippen molar-refractivity contribution in [1.29, 1.82) is 0 Å². The normalized spacial score (nSPS) is 10.8. The zero-order valence-electron chi connectivity index (χ0n) is 46.6. The Morgan fingerprint density at radius 2 is 0.965 bits per heavy atom. The Kier molecular flexibility index (Phi) is 20.5. The number of benzene rings is 5. The third kappa shape index (κ3) is 16.3. The van der Waals surface area contributed by atoms with Gasteiger partial charge in [0.1, 0.15) is 11.6 Å². The predicted octanol–water partition coefficient (Wildman–Crippen LogP) is 11.9. The minimum Gasteiger partial charge on any atom is -0.384 e. The van der Waals surface area contributed by atoms with Crippen molar-refractivity contribution in [3.05, 3.63) is 288 Å². The minimum absolute atomic E-state index is 0.171. The summed E-state index contributed by atoms with van der Waals surface area (Å²) in [6.07, 6.45) is 7.47. The monoisotopic (exact) mass is 1180 g/mol. The quantitative estimate of drug-likeness (QED) is 0.0263. The van der Waals surface area contributed by atoms with E-state index in [0.29, 0.717) is 65.3 Å². The van der Waals surface area contributed by atoms with Gasteiger partial charge in [-0.15, -0.1) is 0 Å². The standard InChI is InChI=1S/C24H21ClN8O.C24H23ClN6O.C18H15P/c1-14-17(2-3-22(26)32-14)11-30-24(34)16-4-5-28-21(10-16)8-15-6-18-9-20(25)13-29-23(18)19(7-15)12-31-33-27;1-14-17(2-3-22(27)31-14)12-30-24(32)16-4-5-28-21(10-16)8-15-6-18-9-20(25)13-29-23(18)19(7-15)11-26;1-4-10-16(11-5-1)19(17-12-6-2-7-13-17)18-14-8-3-9-15-18/h2-7,9-10,13H,8,11-12H2,1H3,(H2,26,32)(H,30,34);2-7,9-10,13H,8,11-12,26H2,1H3,(H2,27,31)(H,30,32);1-15H. The summed E-state index contributed by atoms with van der Waals surface area (Å²) in [7, 11) is -0.446. The van der Waals surface area contributed by atoms with Gasteiger partial charge in [0.2, 0.25) is 0 Å². The molecule has 11 aromatic rings. The Balaban J connectivity index is 0.000000158. The number of fused-ring (bicyclic) bond motifs is 2. The van der Waals surface area contributed by atoms with Crippen molar-refractivity contribution in [2.75, 3.05) is 11.5 Å². The van der Waals surface area contributed by atoms with Crippen LogP contribution in [0.4, 0.5) is 11.6 Å². The molecule has 8 N–H and O–H groups in total. The highest BCUT2D eigenvalue weighted by molar-refractivity contribution is 7.79. The van der Waals surface area contributed by atoms with Crippen LogP contribution >= 0.6 is 31.1 Å². The molecule has 0 saturated heterocycles. The second-order valence-electron chi connectivity index (χ2n) is 19.6. The molecule has 2 amide bonds. The molecule has 0 aliphatic heterocycles. The average molecular weight is 1180 g/mol. The van der Waals surface area contributed by atoms with E-state index < -0.39 is 7.92 Å². The number of azide groups is 1. The fourth-order valence-corrected chi connectivity index (χ4v) is 12.1. The van der Waals surface area contributed by atoms with E-state index in [9.17, 15) is 9.59 Å². The van der Waals surface area contributed by atoms with Crippen LogP contribution in [0.2, 0.25) is 10.0 Å². The fraction of sp³-hybridized carbons (Fsp3) is 0.121. The Bertz CT molecular complexity index is 4100. The van der Waals surface area contributed by atoms with E-state index in [4.69, 9.17) is 45.9 Å². The van der Waals surface area contributed by atoms with E-state index in [2.05, 4.69) is 142 Å². The molecule has 16 nitrogen and oxygen atoms in total. The Hall–Kier alpha value is -9.66. The number of nitrogens with zero attached hydrogens (tertiary/aromatic N) is 9. The number of rotatable bonds is 16. The number of hydrogen-bond acceptors (Lipinski definition) is 12. The first kappa shape index (κ1) is 59.9. The van der Waals surface area contributed by atoms with Crippen molar-refractivity contribution < 1.29 is 9.59 Å². The van der Waals surface area contributed by atoms with Crippen LogP contribution in [0.3, 0.4) is 0 Å². The molecular formula is C66H59Cl2N14O2P. The zero-order chi connectivity index (χ0) is 59.7. The largest absolute Gasteiger partial charge is 0.384 e. The highest BCUT2D eigenvalue weighted by Gasteiger charge is 2.17. The third-order valence-electron chi connectivity index (χ3n) is 13.6. The summed E-state index contributed by atoms with van der Waals surface area (Å²) in [5, 5.41) is 16.6. The summed E-state index contributed by atoms with van der Waals surface area (Å²) in [5.74, 6) is 0.516. The van der Waals surface area contributed by atoms with Crippen LogP contribution in [0.1, 0.15) is 76.9 Å². The van der Waals surface area contributed by atoms with Crippen LogP contribution < -0.4 is 43.7 Å². The number of aryl methyl sites for hydroxylation is 2. The highest BCUT2D eigenvalue weighted by atomic mass is 35.5. The average Bonchev–Trinajstić information content (AvgIpc) is 3.70. The maximum Gasteiger partial charge on any atom is 0.251 e. The fourth-order valence-electron chi connectivity index (χ4n) is 9.50. The summed E-state index contributed by atoms with van der Waals surface area (Å²) >= 11 is 12.2. The van der Waals surface area contributed by atoms with Crippen LogP contribution in [0, 0.1) is 13.8 Å². The van der Waals surface area contributed by atoms with Gasteiger partial charge in [-0.25, -0.2) is 9.97 Å². The van der Waals surface area contributed by atoms with E-state index in [1.54, 1.807) is 61.2 Å². The molecule has 424 valence electrons. The van der Waals surface area contributed by atoms with E-state index in [1.165, 1.54) is 15.9 Å². The molecule has 19 heteroatoms. The van der Waals surface area contributed by atoms with Crippen LogP contribution in [-0.4, -0.2) is 41.7 Å². The second kappa shape index (κ2) is 29.0. The number of pyridine rings is 6. The maximum atomic E-state index is 12.7. The van der Waals surface area contributed by atoms with E-state index in [0.717, 1.165) is 78.0 Å². The van der Waals surface area contributed by atoms with Gasteiger partial charge in [-0.1, -0.05) is 144 Å². The third-order valence-corrected chi connectivity index (χ3v) is 16.4. The summed E-state index contributed by atoms with van der Waals surface area (Å²) in [5.41, 5.74) is 37.2. The molecule has 6 heterocycles. The molecule has 0 atom stereocenters. The van der Waals surface area contributed by atoms with Gasteiger partial charge in [0.25, 0.3) is 11.8 Å². The summed E-state index contributed by atoms with van der Waals surface area (Å²) < 4.78 is 0.